The average molecular weight is 213 g/mol. The molecule has 15 heavy (non-hydrogen) atoms. The number of carbonyl (C=O) groups excluding carboxylic acids is 1. The Balaban J connectivity index is 1.89. The summed E-state index contributed by atoms with van der Waals surface area (Å²) < 4.78 is 5.15. The van der Waals surface area contributed by atoms with Gasteiger partial charge in [0, 0.05) is 31.7 Å². The summed E-state index contributed by atoms with van der Waals surface area (Å²) in [6, 6.07) is 0. The van der Waals surface area contributed by atoms with Crippen molar-refractivity contribution in [2.75, 3.05) is 32.7 Å². The molecule has 2 saturated heterocycles. The molecule has 2 aliphatic heterocycles. The van der Waals surface area contributed by atoms with Crippen LogP contribution in [0.2, 0.25) is 0 Å². The van der Waals surface area contributed by atoms with Crippen LogP contribution in [0.15, 0.2) is 0 Å². The van der Waals surface area contributed by atoms with E-state index in [1.54, 1.807) is 0 Å². The van der Waals surface area contributed by atoms with E-state index >= 15 is 0 Å². The van der Waals surface area contributed by atoms with Gasteiger partial charge < -0.3 is 15.4 Å². The normalized spacial score (nSPS) is 31.1. The van der Waals surface area contributed by atoms with Crippen LogP contribution in [0, 0.1) is 0 Å². The summed E-state index contributed by atoms with van der Waals surface area (Å²) >= 11 is 0. The number of ether oxygens (including phenoxy) is 1. The summed E-state index contributed by atoms with van der Waals surface area (Å²) in [5, 5.41) is 6.06. The van der Waals surface area contributed by atoms with E-state index in [0.717, 1.165) is 26.2 Å². The molecule has 0 radical (unpaired) electrons. The zero-order valence-corrected chi connectivity index (χ0v) is 9.38. The van der Waals surface area contributed by atoms with Crippen LogP contribution in [0.25, 0.3) is 0 Å². The number of nitrogens with zero attached hydrogens (tertiary/aromatic N) is 1. The van der Waals surface area contributed by atoms with Crippen molar-refractivity contribution in [2.24, 2.45) is 0 Å². The molecule has 2 aliphatic rings. The Morgan fingerprint density at radius 3 is 3.00 bits per heavy atom. The van der Waals surface area contributed by atoms with Crippen LogP contribution in [0.1, 0.15) is 13.8 Å². The zero-order valence-electron chi connectivity index (χ0n) is 9.38. The van der Waals surface area contributed by atoms with Crippen LogP contribution in [0.3, 0.4) is 0 Å². The first-order valence-electron chi connectivity index (χ1n) is 5.48. The van der Waals surface area contributed by atoms with Gasteiger partial charge in [0.25, 0.3) is 0 Å². The molecular formula is C10H19N3O2. The molecular weight excluding hydrogens is 194 g/mol. The number of amides is 1. The molecule has 2 fully saturated rings. The van der Waals surface area contributed by atoms with Crippen molar-refractivity contribution in [3.63, 3.8) is 0 Å². The Morgan fingerprint density at radius 2 is 2.40 bits per heavy atom. The number of piperazine rings is 1. The first kappa shape index (κ1) is 10.7. The molecule has 5 heteroatoms. The van der Waals surface area contributed by atoms with E-state index in [9.17, 15) is 4.79 Å². The van der Waals surface area contributed by atoms with Crippen LogP contribution >= 0.6 is 0 Å². The molecule has 86 valence electrons. The smallest absolute Gasteiger partial charge is 0.407 e. The van der Waals surface area contributed by atoms with Crippen molar-refractivity contribution >= 4 is 6.09 Å². The highest BCUT2D eigenvalue weighted by atomic mass is 16.6. The molecule has 0 bridgehead atoms. The van der Waals surface area contributed by atoms with Crippen molar-refractivity contribution in [2.45, 2.75) is 25.5 Å². The van der Waals surface area contributed by atoms with Crippen molar-refractivity contribution in [3.05, 3.63) is 0 Å². The van der Waals surface area contributed by atoms with Gasteiger partial charge in [0.15, 0.2) is 0 Å². The minimum Gasteiger partial charge on any atom is -0.443 e. The standard InChI is InChI=1S/C10H19N3O2/c1-10(2)7-11-3-4-13(10)6-8-5-12-9(14)15-8/h8,11H,3-7H2,1-2H3,(H,12,14). The van der Waals surface area contributed by atoms with Crippen molar-refractivity contribution in [1.29, 1.82) is 0 Å². The number of nitrogens with one attached hydrogen (secondary N) is 2. The minimum atomic E-state index is -0.284. The Labute approximate surface area is 90.1 Å². The van der Waals surface area contributed by atoms with E-state index in [4.69, 9.17) is 4.74 Å². The third-order valence-corrected chi connectivity index (χ3v) is 3.14. The van der Waals surface area contributed by atoms with E-state index in [-0.39, 0.29) is 17.7 Å². The topological polar surface area (TPSA) is 53.6 Å². The quantitative estimate of drug-likeness (QED) is 0.666. The van der Waals surface area contributed by atoms with Gasteiger partial charge in [-0.1, -0.05) is 0 Å². The second-order valence-electron chi connectivity index (χ2n) is 4.84. The number of rotatable bonds is 2. The Kier molecular flexibility index (Phi) is 2.84. The van der Waals surface area contributed by atoms with Gasteiger partial charge in [-0.25, -0.2) is 4.79 Å². The summed E-state index contributed by atoms with van der Waals surface area (Å²) in [6.45, 7) is 8.90. The Bertz CT molecular complexity index is 255. The van der Waals surface area contributed by atoms with Crippen molar-refractivity contribution < 1.29 is 9.53 Å². The maximum Gasteiger partial charge on any atom is 0.407 e. The van der Waals surface area contributed by atoms with E-state index in [0.29, 0.717) is 6.54 Å². The maximum absolute atomic E-state index is 10.9. The van der Waals surface area contributed by atoms with Gasteiger partial charge in [-0.2, -0.15) is 0 Å². The molecule has 2 rings (SSSR count). The summed E-state index contributed by atoms with van der Waals surface area (Å²) in [7, 11) is 0. The lowest BCUT2D eigenvalue weighted by Crippen LogP contribution is -2.59. The van der Waals surface area contributed by atoms with Crippen LogP contribution in [-0.4, -0.2) is 55.4 Å². The van der Waals surface area contributed by atoms with Crippen LogP contribution in [0.4, 0.5) is 4.79 Å². The number of carbonyl (C=O) groups is 1. The second-order valence-corrected chi connectivity index (χ2v) is 4.84. The molecule has 1 unspecified atom stereocenters. The van der Waals surface area contributed by atoms with Crippen LogP contribution in [-0.2, 0) is 4.74 Å². The van der Waals surface area contributed by atoms with Gasteiger partial charge in [-0.15, -0.1) is 0 Å². The molecule has 2 heterocycles. The van der Waals surface area contributed by atoms with Gasteiger partial charge >= 0.3 is 6.09 Å². The Hall–Kier alpha value is -0.810. The van der Waals surface area contributed by atoms with Gasteiger partial charge in [-0.05, 0) is 13.8 Å². The molecule has 5 nitrogen and oxygen atoms in total. The fraction of sp³-hybridized carbons (Fsp3) is 0.900. The van der Waals surface area contributed by atoms with Crippen molar-refractivity contribution in [1.82, 2.24) is 15.5 Å². The van der Waals surface area contributed by atoms with Gasteiger partial charge in [0.2, 0.25) is 0 Å². The van der Waals surface area contributed by atoms with Crippen molar-refractivity contribution in [3.8, 4) is 0 Å². The lowest BCUT2D eigenvalue weighted by Gasteiger charge is -2.43. The highest BCUT2D eigenvalue weighted by Crippen LogP contribution is 2.17. The fourth-order valence-electron chi connectivity index (χ4n) is 2.14. The number of hydrogen-bond acceptors (Lipinski definition) is 4. The van der Waals surface area contributed by atoms with Gasteiger partial charge in [0.1, 0.15) is 6.10 Å². The molecule has 2 N–H and O–H groups in total. The molecule has 1 amide bonds. The highest BCUT2D eigenvalue weighted by Gasteiger charge is 2.33. The fourth-order valence-corrected chi connectivity index (χ4v) is 2.14. The zero-order chi connectivity index (χ0) is 10.9. The molecule has 1 atom stereocenters. The predicted molar refractivity (Wildman–Crippen MR) is 56.8 cm³/mol. The summed E-state index contributed by atoms with van der Waals surface area (Å²) in [6.07, 6.45) is -0.275. The van der Waals surface area contributed by atoms with E-state index in [2.05, 4.69) is 29.4 Å². The third-order valence-electron chi connectivity index (χ3n) is 3.14. The van der Waals surface area contributed by atoms with Crippen LogP contribution < -0.4 is 10.6 Å². The largest absolute Gasteiger partial charge is 0.443 e. The monoisotopic (exact) mass is 213 g/mol. The van der Waals surface area contributed by atoms with E-state index in [1.165, 1.54) is 0 Å². The molecule has 0 saturated carbocycles. The number of hydrogen-bond donors (Lipinski definition) is 2. The molecule has 0 aliphatic carbocycles. The van der Waals surface area contributed by atoms with E-state index in [1.807, 2.05) is 0 Å². The van der Waals surface area contributed by atoms with Crippen LogP contribution in [0.5, 0.6) is 0 Å². The Morgan fingerprint density at radius 1 is 1.60 bits per heavy atom. The minimum absolute atomic E-state index is 0.00914. The van der Waals surface area contributed by atoms with Gasteiger partial charge in [0.05, 0.1) is 6.54 Å². The summed E-state index contributed by atoms with van der Waals surface area (Å²) in [4.78, 5) is 13.3. The van der Waals surface area contributed by atoms with E-state index < -0.39 is 0 Å². The lowest BCUT2D eigenvalue weighted by molar-refractivity contribution is 0.0414. The SMILES string of the molecule is CC1(C)CNCCN1CC1CNC(=O)O1. The maximum atomic E-state index is 10.9. The number of cyclic esters (lactones) is 1. The average Bonchev–Trinajstić information content (AvgIpc) is 2.55. The molecule has 0 aromatic heterocycles. The first-order valence-corrected chi connectivity index (χ1v) is 5.48. The summed E-state index contributed by atoms with van der Waals surface area (Å²) in [5.74, 6) is 0. The first-order chi connectivity index (χ1) is 7.08. The lowest BCUT2D eigenvalue weighted by atomic mass is 9.99. The number of alkyl carbamates (subject to hydrolysis) is 1. The molecule has 0 spiro atoms. The second kappa shape index (κ2) is 3.98. The third kappa shape index (κ3) is 2.41. The molecule has 0 aromatic carbocycles. The highest BCUT2D eigenvalue weighted by molar-refractivity contribution is 5.69. The van der Waals surface area contributed by atoms with Gasteiger partial charge in [-0.3, -0.25) is 4.90 Å². The summed E-state index contributed by atoms with van der Waals surface area (Å²) in [5.41, 5.74) is 0.146. The molecule has 0 aromatic rings. The predicted octanol–water partition coefficient (Wildman–Crippen LogP) is -0.221.